The fourth-order valence-corrected chi connectivity index (χ4v) is 5.03. The minimum absolute atomic E-state index is 0.0691. The third kappa shape index (κ3) is 5.11. The van der Waals surface area contributed by atoms with Crippen molar-refractivity contribution in [2.45, 2.75) is 37.1 Å². The summed E-state index contributed by atoms with van der Waals surface area (Å²) in [6.45, 7) is 2.75. The van der Waals surface area contributed by atoms with E-state index in [1.165, 1.54) is 12.8 Å². The van der Waals surface area contributed by atoms with Crippen molar-refractivity contribution < 1.29 is 17.2 Å². The van der Waals surface area contributed by atoms with E-state index in [2.05, 4.69) is 22.5 Å². The Bertz CT molecular complexity index is 964. The number of nitrogens with zero attached hydrogens (tertiary/aromatic N) is 1. The molecule has 6 nitrogen and oxygen atoms in total. The molecule has 28 heavy (non-hydrogen) atoms. The number of likely N-dealkylation sites (N-methyl/N-ethyl adjacent to an activating group) is 1. The van der Waals surface area contributed by atoms with E-state index in [1.807, 2.05) is 11.8 Å². The standard InChI is InChI=1S/C17H21ClF2N4O2S2/c1-17(3-4-17)7-10(21-2)8-22-13-6-12(19)14(5-11(13)18)28(25,26)24-16-23-9-15(20)27-16/h5-6,9-10,21-22H,3-4,7-8H2,1-2H3,(H,23,24)/t10-/m0/s1. The van der Waals surface area contributed by atoms with E-state index in [0.717, 1.165) is 24.8 Å². The molecule has 0 amide bonds. The van der Waals surface area contributed by atoms with E-state index in [4.69, 9.17) is 11.6 Å². The molecule has 11 heteroatoms. The quantitative estimate of drug-likeness (QED) is 0.536. The minimum atomic E-state index is -4.29. The van der Waals surface area contributed by atoms with Gasteiger partial charge in [0.15, 0.2) is 10.3 Å². The van der Waals surface area contributed by atoms with Gasteiger partial charge in [-0.25, -0.2) is 17.8 Å². The van der Waals surface area contributed by atoms with Crippen LogP contribution in [0.2, 0.25) is 5.02 Å². The lowest BCUT2D eigenvalue weighted by Gasteiger charge is -2.21. The van der Waals surface area contributed by atoms with Crippen LogP contribution in [0.15, 0.2) is 23.2 Å². The van der Waals surface area contributed by atoms with Crippen molar-refractivity contribution in [1.29, 1.82) is 0 Å². The molecule has 0 unspecified atom stereocenters. The number of rotatable bonds is 9. The number of halogens is 3. The summed E-state index contributed by atoms with van der Waals surface area (Å²) in [6, 6.07) is 2.25. The minimum Gasteiger partial charge on any atom is -0.382 e. The average molecular weight is 451 g/mol. The second kappa shape index (κ2) is 8.10. The van der Waals surface area contributed by atoms with Gasteiger partial charge in [-0.15, -0.1) is 0 Å². The van der Waals surface area contributed by atoms with E-state index in [9.17, 15) is 17.2 Å². The molecule has 1 aromatic heterocycles. The fourth-order valence-electron chi connectivity index (χ4n) is 2.86. The molecule has 0 aliphatic heterocycles. The van der Waals surface area contributed by atoms with Gasteiger partial charge < -0.3 is 10.6 Å². The third-order valence-electron chi connectivity index (χ3n) is 4.80. The summed E-state index contributed by atoms with van der Waals surface area (Å²) in [5.41, 5.74) is 0.656. The van der Waals surface area contributed by atoms with E-state index < -0.39 is 25.9 Å². The van der Waals surface area contributed by atoms with E-state index in [-0.39, 0.29) is 16.2 Å². The predicted molar refractivity (Wildman–Crippen MR) is 108 cm³/mol. The zero-order chi connectivity index (χ0) is 20.5. The Morgan fingerprint density at radius 1 is 1.36 bits per heavy atom. The lowest BCUT2D eigenvalue weighted by Crippen LogP contribution is -2.34. The van der Waals surface area contributed by atoms with Crippen molar-refractivity contribution in [2.24, 2.45) is 5.41 Å². The lowest BCUT2D eigenvalue weighted by atomic mass is 9.99. The highest BCUT2D eigenvalue weighted by molar-refractivity contribution is 7.93. The molecule has 1 aromatic carbocycles. The summed E-state index contributed by atoms with van der Waals surface area (Å²) in [6.07, 6.45) is 4.25. The van der Waals surface area contributed by atoms with Crippen LogP contribution in [0.3, 0.4) is 0 Å². The molecule has 1 aliphatic rings. The summed E-state index contributed by atoms with van der Waals surface area (Å²) in [5.74, 6) is -0.966. The Balaban J connectivity index is 1.72. The van der Waals surface area contributed by atoms with E-state index in [0.29, 0.717) is 29.0 Å². The van der Waals surface area contributed by atoms with Gasteiger partial charge in [0.25, 0.3) is 10.0 Å². The first-order valence-corrected chi connectivity index (χ1v) is 11.3. The zero-order valence-corrected chi connectivity index (χ0v) is 17.7. The smallest absolute Gasteiger partial charge is 0.266 e. The van der Waals surface area contributed by atoms with Gasteiger partial charge in [0, 0.05) is 12.6 Å². The van der Waals surface area contributed by atoms with E-state index in [1.54, 1.807) is 0 Å². The monoisotopic (exact) mass is 450 g/mol. The van der Waals surface area contributed by atoms with Crippen molar-refractivity contribution in [2.75, 3.05) is 23.6 Å². The number of benzene rings is 1. The van der Waals surface area contributed by atoms with Crippen LogP contribution in [0.4, 0.5) is 19.6 Å². The molecule has 1 saturated carbocycles. The van der Waals surface area contributed by atoms with Crippen molar-refractivity contribution in [3.05, 3.63) is 34.3 Å². The molecular weight excluding hydrogens is 430 g/mol. The van der Waals surface area contributed by atoms with Crippen LogP contribution >= 0.6 is 22.9 Å². The van der Waals surface area contributed by atoms with E-state index >= 15 is 0 Å². The molecule has 1 fully saturated rings. The highest BCUT2D eigenvalue weighted by atomic mass is 35.5. The second-order valence-corrected chi connectivity index (χ2v) is 10.3. The van der Waals surface area contributed by atoms with Gasteiger partial charge in [-0.05, 0) is 43.9 Å². The number of anilines is 2. The highest BCUT2D eigenvalue weighted by Crippen LogP contribution is 2.48. The molecule has 0 bridgehead atoms. The van der Waals surface area contributed by atoms with Crippen LogP contribution in [-0.2, 0) is 10.0 Å². The topological polar surface area (TPSA) is 83.1 Å². The predicted octanol–water partition coefficient (Wildman–Crippen LogP) is 4.07. The van der Waals surface area contributed by atoms with Crippen LogP contribution in [0.1, 0.15) is 26.2 Å². The lowest BCUT2D eigenvalue weighted by molar-refractivity contribution is 0.417. The number of nitrogens with one attached hydrogen (secondary N) is 3. The maximum atomic E-state index is 14.5. The molecule has 0 saturated heterocycles. The Hall–Kier alpha value is -1.49. The number of hydrogen-bond acceptors (Lipinski definition) is 6. The number of aromatic nitrogens is 1. The molecule has 1 atom stereocenters. The Morgan fingerprint density at radius 2 is 2.07 bits per heavy atom. The van der Waals surface area contributed by atoms with Gasteiger partial charge >= 0.3 is 0 Å². The number of thiazole rings is 1. The zero-order valence-electron chi connectivity index (χ0n) is 15.4. The summed E-state index contributed by atoms with van der Waals surface area (Å²) in [4.78, 5) is 2.94. The van der Waals surface area contributed by atoms with Gasteiger partial charge in [0.1, 0.15) is 10.7 Å². The second-order valence-electron chi connectivity index (χ2n) is 7.22. The molecule has 1 aliphatic carbocycles. The van der Waals surface area contributed by atoms with Crippen molar-refractivity contribution in [3.8, 4) is 0 Å². The largest absolute Gasteiger partial charge is 0.382 e. The first-order chi connectivity index (χ1) is 13.1. The molecule has 0 spiro atoms. The molecular formula is C17H21ClF2N4O2S2. The molecule has 154 valence electrons. The maximum Gasteiger partial charge on any atom is 0.266 e. The van der Waals surface area contributed by atoms with Gasteiger partial charge in [0.2, 0.25) is 0 Å². The molecule has 3 N–H and O–H groups in total. The van der Waals surface area contributed by atoms with Gasteiger partial charge in [-0.2, -0.15) is 4.39 Å². The first-order valence-electron chi connectivity index (χ1n) is 8.66. The van der Waals surface area contributed by atoms with Crippen molar-refractivity contribution in [1.82, 2.24) is 10.3 Å². The van der Waals surface area contributed by atoms with Gasteiger partial charge in [-0.3, -0.25) is 4.72 Å². The summed E-state index contributed by atoms with van der Waals surface area (Å²) in [7, 11) is -2.43. The van der Waals surface area contributed by atoms with Crippen LogP contribution in [0.5, 0.6) is 0 Å². The fraction of sp³-hybridized carbons (Fsp3) is 0.471. The Kier molecular flexibility index (Phi) is 6.14. The average Bonchev–Trinajstić information content (AvgIpc) is 3.21. The van der Waals surface area contributed by atoms with Crippen LogP contribution < -0.4 is 15.4 Å². The van der Waals surface area contributed by atoms with Crippen LogP contribution in [0.25, 0.3) is 0 Å². The van der Waals surface area contributed by atoms with Crippen LogP contribution in [0, 0.1) is 16.4 Å². The van der Waals surface area contributed by atoms with Gasteiger partial charge in [0.05, 0.1) is 16.9 Å². The van der Waals surface area contributed by atoms with Crippen LogP contribution in [-0.4, -0.2) is 33.0 Å². The third-order valence-corrected chi connectivity index (χ3v) is 7.30. The first kappa shape index (κ1) is 21.2. The van der Waals surface area contributed by atoms with Gasteiger partial charge in [-0.1, -0.05) is 29.9 Å². The number of sulfonamides is 1. The van der Waals surface area contributed by atoms with Crippen molar-refractivity contribution in [3.63, 3.8) is 0 Å². The molecule has 2 aromatic rings. The SMILES string of the molecule is CN[C@H](CNc1cc(F)c(S(=O)(=O)Nc2ncc(F)s2)cc1Cl)CC1(C)CC1. The normalized spacial score (nSPS) is 16.6. The van der Waals surface area contributed by atoms with Crippen molar-refractivity contribution >= 4 is 43.8 Å². The molecule has 1 heterocycles. The Labute approximate surface area is 171 Å². The number of hydrogen-bond donors (Lipinski definition) is 3. The Morgan fingerprint density at radius 3 is 2.64 bits per heavy atom. The molecule has 3 rings (SSSR count). The summed E-state index contributed by atoms with van der Waals surface area (Å²) >= 11 is 6.67. The maximum absolute atomic E-state index is 14.5. The molecule has 0 radical (unpaired) electrons. The highest BCUT2D eigenvalue weighted by Gasteiger charge is 2.38. The summed E-state index contributed by atoms with van der Waals surface area (Å²) < 4.78 is 54.3. The summed E-state index contributed by atoms with van der Waals surface area (Å²) in [5, 5.41) is 5.52.